The third-order valence-electron chi connectivity index (χ3n) is 12.0. The van der Waals surface area contributed by atoms with E-state index in [0.717, 1.165) is 51.4 Å². The van der Waals surface area contributed by atoms with E-state index in [1.807, 2.05) is 162 Å². The van der Waals surface area contributed by atoms with Crippen LogP contribution in [-0.4, -0.2) is 19.6 Å². The van der Waals surface area contributed by atoms with Crippen molar-refractivity contribution in [1.82, 2.24) is 14.5 Å². The third-order valence-corrected chi connectivity index (χ3v) is 12.0. The predicted octanol–water partition coefficient (Wildman–Crippen LogP) is 16.2. The molecule has 0 amide bonds. The maximum absolute atomic E-state index is 12.7. The Hall–Kier alpha value is -7.04. The highest BCUT2D eigenvalue weighted by Gasteiger charge is 2.29. The minimum Gasteiger partial charge on any atom is -0.507 e. The first kappa shape index (κ1) is 31.7. The lowest BCUT2D eigenvalue weighted by Crippen LogP contribution is -2.17. The Morgan fingerprint density at radius 3 is 1.89 bits per heavy atom. The van der Waals surface area contributed by atoms with Crippen molar-refractivity contribution >= 4 is 11.0 Å². The average Bonchev–Trinajstić information content (AvgIpc) is 3.74. The van der Waals surface area contributed by atoms with Gasteiger partial charge in [-0.25, -0.2) is 4.98 Å². The Morgan fingerprint density at radius 2 is 1.22 bits per heavy atom. The highest BCUT2D eigenvalue weighted by atomic mass is 16.3. The van der Waals surface area contributed by atoms with E-state index in [-0.39, 0.29) is 28.2 Å². The summed E-state index contributed by atoms with van der Waals surface area (Å²) in [4.78, 5) is 10.2. The van der Waals surface area contributed by atoms with Crippen LogP contribution in [0.3, 0.4) is 0 Å². The first-order chi connectivity index (χ1) is 34.6. The molecule has 0 bridgehead atoms. The van der Waals surface area contributed by atoms with Crippen molar-refractivity contribution < 1.29 is 18.8 Å². The molecular formula is C60H57N3O. The molecule has 318 valence electrons. The molecule has 0 aliphatic heterocycles. The Labute approximate surface area is 393 Å². The predicted molar refractivity (Wildman–Crippen MR) is 269 cm³/mol. The molecule has 0 saturated heterocycles. The van der Waals surface area contributed by atoms with Crippen LogP contribution < -0.4 is 0 Å². The summed E-state index contributed by atoms with van der Waals surface area (Å²) in [5, 5.41) is 12.7. The topological polar surface area (TPSA) is 50.9 Å². The number of hydrogen-bond donors (Lipinski definition) is 1. The van der Waals surface area contributed by atoms with Crippen molar-refractivity contribution in [2.24, 2.45) is 0 Å². The second-order valence-corrected chi connectivity index (χ2v) is 18.0. The molecule has 0 radical (unpaired) electrons. The van der Waals surface area contributed by atoms with E-state index < -0.39 is 43.0 Å². The number of hydrogen-bond acceptors (Lipinski definition) is 3. The molecule has 0 fully saturated rings. The van der Waals surface area contributed by atoms with Crippen LogP contribution in [0, 0.1) is 6.85 Å². The van der Waals surface area contributed by atoms with E-state index in [4.69, 9.17) is 23.7 Å². The van der Waals surface area contributed by atoms with Gasteiger partial charge in [0.05, 0.1) is 28.0 Å². The lowest BCUT2D eigenvalue weighted by Gasteiger charge is -2.27. The number of pyridine rings is 1. The maximum Gasteiger partial charge on any atom is 0.149 e. The standard InChI is InChI=1S/C60H57N3O/c1-38(2)40-23-25-43(26-24-40)45-29-30-61-53(35-45)48-33-46(42-19-14-11-15-20-42)32-47(34-48)50-21-16-22-55-56(50)62-58(51-36-49(59(4,5)6)37-52(57(51)64)60(7,8)9)63(55)54-28-27-44(31-39(54)3)41-17-12-10-13-18-41/h10-38,64H,1-9H3/i3D3,7D3,8D3,38D. The van der Waals surface area contributed by atoms with Crippen LogP contribution >= 0.6 is 0 Å². The zero-order valence-electron chi connectivity index (χ0n) is 47.0. The molecule has 0 atom stereocenters. The van der Waals surface area contributed by atoms with Gasteiger partial charge in [0, 0.05) is 36.6 Å². The number of benzene rings is 7. The Kier molecular flexibility index (Phi) is 8.23. The molecule has 4 nitrogen and oxygen atoms in total. The monoisotopic (exact) mass is 846 g/mol. The second kappa shape index (κ2) is 16.6. The number of imidazole rings is 1. The summed E-state index contributed by atoms with van der Waals surface area (Å²) in [6.07, 6.45) is 1.78. The largest absolute Gasteiger partial charge is 0.507 e. The smallest absolute Gasteiger partial charge is 0.149 e. The number of aromatic nitrogens is 3. The molecule has 0 spiro atoms. The zero-order chi connectivity index (χ0) is 53.3. The molecular weight excluding hydrogens is 779 g/mol. The van der Waals surface area contributed by atoms with Gasteiger partial charge in [0.1, 0.15) is 11.6 Å². The first-order valence-corrected chi connectivity index (χ1v) is 21.5. The molecule has 7 aromatic carbocycles. The van der Waals surface area contributed by atoms with Crippen LogP contribution in [-0.2, 0) is 10.8 Å². The summed E-state index contributed by atoms with van der Waals surface area (Å²) in [7, 11) is 0. The number of phenols is 1. The number of para-hydroxylation sites is 1. The molecule has 0 aliphatic rings. The van der Waals surface area contributed by atoms with E-state index in [2.05, 4.69) is 12.1 Å². The SMILES string of the molecule is [2H]C([2H])([2H])c1cc(-c2ccccc2)ccc1-n1c(-c2cc(C(C)(C)C)cc(C(C)(C([2H])([2H])[2H])C([2H])([2H])[2H])c2O)nc2c(-c3cc(-c4ccccc4)cc(-c4cc(-c5ccc(C([2H])(C)C)cc5)ccn4)c3)cccc21. The fourth-order valence-electron chi connectivity index (χ4n) is 8.41. The third kappa shape index (κ3) is 8.17. The van der Waals surface area contributed by atoms with Gasteiger partial charge in [-0.05, 0) is 134 Å². The zero-order valence-corrected chi connectivity index (χ0v) is 37.0. The van der Waals surface area contributed by atoms with E-state index >= 15 is 0 Å². The summed E-state index contributed by atoms with van der Waals surface area (Å²) in [5.74, 6) is -1.28. The Bertz CT molecular complexity index is 3530. The minimum absolute atomic E-state index is 0.0105. The normalized spacial score (nSPS) is 15.1. The van der Waals surface area contributed by atoms with Crippen LogP contribution in [0.4, 0.5) is 0 Å². The lowest BCUT2D eigenvalue weighted by molar-refractivity contribution is 0.446. The van der Waals surface area contributed by atoms with E-state index in [1.165, 1.54) is 6.07 Å². The molecule has 64 heavy (non-hydrogen) atoms. The van der Waals surface area contributed by atoms with Crippen LogP contribution in [0.15, 0.2) is 170 Å². The van der Waals surface area contributed by atoms with Crippen LogP contribution in [0.5, 0.6) is 5.75 Å². The number of rotatable bonds is 8. The summed E-state index contributed by atoms with van der Waals surface area (Å²) in [5.41, 5.74) is 7.14. The van der Waals surface area contributed by atoms with Crippen molar-refractivity contribution in [3.63, 3.8) is 0 Å². The van der Waals surface area contributed by atoms with Crippen molar-refractivity contribution in [3.8, 4) is 78.6 Å². The molecule has 2 heterocycles. The molecule has 2 aromatic heterocycles. The molecule has 9 aromatic rings. The van der Waals surface area contributed by atoms with Gasteiger partial charge in [0.2, 0.25) is 0 Å². The van der Waals surface area contributed by atoms with Crippen molar-refractivity contribution in [3.05, 3.63) is 192 Å². The molecule has 0 saturated carbocycles. The van der Waals surface area contributed by atoms with Gasteiger partial charge < -0.3 is 5.11 Å². The average molecular weight is 846 g/mol. The van der Waals surface area contributed by atoms with E-state index in [1.54, 1.807) is 29.0 Å². The maximum atomic E-state index is 12.7. The van der Waals surface area contributed by atoms with Crippen molar-refractivity contribution in [1.29, 1.82) is 0 Å². The number of nitrogens with zero attached hydrogens (tertiary/aromatic N) is 3. The summed E-state index contributed by atoms with van der Waals surface area (Å²) >= 11 is 0. The highest BCUT2D eigenvalue weighted by molar-refractivity contribution is 5.98. The van der Waals surface area contributed by atoms with Gasteiger partial charge in [-0.15, -0.1) is 0 Å². The number of aromatic hydroxyl groups is 1. The fraction of sp³-hybridized carbons (Fsp3) is 0.200. The first-order valence-electron chi connectivity index (χ1n) is 26.5. The molecule has 4 heteroatoms. The Balaban J connectivity index is 1.36. The van der Waals surface area contributed by atoms with Crippen molar-refractivity contribution in [2.45, 2.75) is 78.8 Å². The summed E-state index contributed by atoms with van der Waals surface area (Å²) in [6, 6.07) is 51.5. The van der Waals surface area contributed by atoms with Gasteiger partial charge in [-0.1, -0.05) is 164 Å². The van der Waals surface area contributed by atoms with Gasteiger partial charge >= 0.3 is 0 Å². The number of phenolic OH excluding ortho intramolecular Hbond substituents is 1. The van der Waals surface area contributed by atoms with Gasteiger partial charge in [-0.2, -0.15) is 0 Å². The minimum atomic E-state index is -3.11. The highest BCUT2D eigenvalue weighted by Crippen LogP contribution is 2.45. The van der Waals surface area contributed by atoms with Gasteiger partial charge in [-0.3, -0.25) is 9.55 Å². The molecule has 1 N–H and O–H groups in total. The summed E-state index contributed by atoms with van der Waals surface area (Å²) in [6.45, 7) is 1.67. The summed E-state index contributed by atoms with van der Waals surface area (Å²) < 4.78 is 89.1. The Morgan fingerprint density at radius 1 is 0.578 bits per heavy atom. The van der Waals surface area contributed by atoms with E-state index in [9.17, 15) is 5.11 Å². The van der Waals surface area contributed by atoms with E-state index in [0.29, 0.717) is 33.4 Å². The second-order valence-electron chi connectivity index (χ2n) is 18.0. The lowest BCUT2D eigenvalue weighted by atomic mass is 9.79. The van der Waals surface area contributed by atoms with Gasteiger partial charge in [0.15, 0.2) is 0 Å². The van der Waals surface area contributed by atoms with Crippen LogP contribution in [0.25, 0.3) is 83.9 Å². The molecule has 0 aliphatic carbocycles. The quantitative estimate of drug-likeness (QED) is 0.166. The number of fused-ring (bicyclic) bond motifs is 1. The fourth-order valence-corrected chi connectivity index (χ4v) is 8.41. The molecule has 0 unspecified atom stereocenters. The molecule has 9 rings (SSSR count). The van der Waals surface area contributed by atoms with Crippen LogP contribution in [0.2, 0.25) is 0 Å². The van der Waals surface area contributed by atoms with Crippen molar-refractivity contribution in [2.75, 3.05) is 0 Å². The number of aryl methyl sites for hydroxylation is 1. The van der Waals surface area contributed by atoms with Gasteiger partial charge in [0.25, 0.3) is 0 Å². The van der Waals surface area contributed by atoms with Crippen LogP contribution in [0.1, 0.15) is 97.1 Å².